The average molecular weight is 221 g/mol. The first-order valence-electron chi connectivity index (χ1n) is 5.79. The minimum absolute atomic E-state index is 0.200. The fourth-order valence-corrected chi connectivity index (χ4v) is 1.16. The maximum Gasteiger partial charge on any atom is 0.232 e. The van der Waals surface area contributed by atoms with Gasteiger partial charge in [-0.15, -0.1) is 5.92 Å². The Hall–Kier alpha value is -0.960. The molecule has 0 aliphatic rings. The largest absolute Gasteiger partial charge is 0.340 e. The van der Waals surface area contributed by atoms with E-state index in [4.69, 9.17) is 15.9 Å². The summed E-state index contributed by atoms with van der Waals surface area (Å²) >= 11 is 0. The van der Waals surface area contributed by atoms with Gasteiger partial charge in [0, 0.05) is 6.92 Å². The molecule has 1 radical (unpaired) electrons. The van der Waals surface area contributed by atoms with Crippen molar-refractivity contribution in [3.63, 3.8) is 0 Å². The Morgan fingerprint density at radius 2 is 2.06 bits per heavy atom. The molecule has 2 atom stereocenters. The van der Waals surface area contributed by atoms with Gasteiger partial charge in [-0.2, -0.15) is 0 Å². The van der Waals surface area contributed by atoms with Gasteiger partial charge in [0.15, 0.2) is 0 Å². The molecular weight excluding hydrogens is 200 g/mol. The molecule has 0 heterocycles. The number of rotatable bonds is 7. The molecule has 0 saturated heterocycles. The van der Waals surface area contributed by atoms with E-state index in [-0.39, 0.29) is 6.10 Å². The van der Waals surface area contributed by atoms with Gasteiger partial charge in [-0.1, -0.05) is 26.2 Å². The van der Waals surface area contributed by atoms with Crippen LogP contribution in [-0.2, 0) is 9.47 Å². The second-order valence-electron chi connectivity index (χ2n) is 3.68. The summed E-state index contributed by atoms with van der Waals surface area (Å²) in [4.78, 5) is 0. The third kappa shape index (κ3) is 5.81. The van der Waals surface area contributed by atoms with E-state index in [0.717, 1.165) is 19.3 Å². The Morgan fingerprint density at radius 1 is 1.38 bits per heavy atom. The van der Waals surface area contributed by atoms with E-state index in [0.29, 0.717) is 6.61 Å². The van der Waals surface area contributed by atoms with Crippen LogP contribution in [0.15, 0.2) is 0 Å². The molecule has 0 aliphatic carbocycles. The van der Waals surface area contributed by atoms with Crippen molar-refractivity contribution in [2.75, 3.05) is 6.61 Å². The Morgan fingerprint density at radius 3 is 2.50 bits per heavy atom. The van der Waals surface area contributed by atoms with Gasteiger partial charge in [-0.25, -0.2) is 0 Å². The van der Waals surface area contributed by atoms with Crippen molar-refractivity contribution in [2.45, 2.75) is 58.8 Å². The normalized spacial score (nSPS) is 15.4. The Kier molecular flexibility index (Phi) is 7.73. The summed E-state index contributed by atoms with van der Waals surface area (Å²) in [5, 5.41) is 0. The van der Waals surface area contributed by atoms with E-state index in [1.807, 2.05) is 6.92 Å². The second kappa shape index (κ2) is 8.22. The molecule has 2 heteroatoms. The molecule has 0 N–H and O–H groups in total. The van der Waals surface area contributed by atoms with Crippen LogP contribution >= 0.6 is 0 Å². The van der Waals surface area contributed by atoms with Crippen molar-refractivity contribution in [3.05, 3.63) is 6.42 Å². The molecule has 0 amide bonds. The van der Waals surface area contributed by atoms with Crippen molar-refractivity contribution >= 4 is 0 Å². The summed E-state index contributed by atoms with van der Waals surface area (Å²) in [6.07, 6.45) is 9.83. The SMILES string of the molecule is [C]#CC(C)(OCCCC)OC(C#CC)CC. The number of unbranched alkanes of at least 4 members (excludes halogenated alkanes) is 1. The third-order valence-electron chi connectivity index (χ3n) is 2.15. The summed E-state index contributed by atoms with van der Waals surface area (Å²) in [5.41, 5.74) is 0. The molecule has 0 rings (SSSR count). The minimum atomic E-state index is -1.07. The first-order chi connectivity index (χ1) is 7.61. The van der Waals surface area contributed by atoms with Crippen LogP contribution in [-0.4, -0.2) is 18.5 Å². The van der Waals surface area contributed by atoms with E-state index in [1.54, 1.807) is 13.8 Å². The number of hydrogen-bond donors (Lipinski definition) is 0. The maximum absolute atomic E-state index is 7.24. The fourth-order valence-electron chi connectivity index (χ4n) is 1.16. The van der Waals surface area contributed by atoms with Gasteiger partial charge in [0.05, 0.1) is 6.61 Å². The van der Waals surface area contributed by atoms with Gasteiger partial charge in [0.1, 0.15) is 6.10 Å². The van der Waals surface area contributed by atoms with Gasteiger partial charge < -0.3 is 9.47 Å². The molecule has 0 aromatic heterocycles. The highest BCUT2D eigenvalue weighted by Crippen LogP contribution is 2.16. The van der Waals surface area contributed by atoms with Crippen molar-refractivity contribution in [1.29, 1.82) is 0 Å². The Balaban J connectivity index is 4.32. The Labute approximate surface area is 99.7 Å². The first-order valence-corrected chi connectivity index (χ1v) is 5.79. The lowest BCUT2D eigenvalue weighted by Crippen LogP contribution is -2.35. The zero-order valence-corrected chi connectivity index (χ0v) is 10.7. The molecule has 2 nitrogen and oxygen atoms in total. The molecule has 0 bridgehead atoms. The van der Waals surface area contributed by atoms with E-state index in [9.17, 15) is 0 Å². The van der Waals surface area contributed by atoms with Gasteiger partial charge in [-0.05, 0) is 32.1 Å². The molecule has 89 valence electrons. The van der Waals surface area contributed by atoms with Crippen LogP contribution in [0.5, 0.6) is 0 Å². The van der Waals surface area contributed by atoms with E-state index in [2.05, 4.69) is 24.7 Å². The average Bonchev–Trinajstić information content (AvgIpc) is 2.29. The highest BCUT2D eigenvalue weighted by Gasteiger charge is 2.26. The molecular formula is C14H21O2. The van der Waals surface area contributed by atoms with Gasteiger partial charge in [0.2, 0.25) is 5.79 Å². The van der Waals surface area contributed by atoms with Crippen LogP contribution in [0.3, 0.4) is 0 Å². The molecule has 0 saturated carbocycles. The molecule has 2 unspecified atom stereocenters. The lowest BCUT2D eigenvalue weighted by molar-refractivity contribution is -0.200. The smallest absolute Gasteiger partial charge is 0.232 e. The predicted molar refractivity (Wildman–Crippen MR) is 65.0 cm³/mol. The van der Waals surface area contributed by atoms with Gasteiger partial charge in [0.25, 0.3) is 0 Å². The fraction of sp³-hybridized carbons (Fsp3) is 0.714. The number of hydrogen-bond acceptors (Lipinski definition) is 2. The summed E-state index contributed by atoms with van der Waals surface area (Å²) in [6.45, 7) is 8.14. The minimum Gasteiger partial charge on any atom is -0.340 e. The van der Waals surface area contributed by atoms with Crippen LogP contribution in [0.1, 0.15) is 47.0 Å². The van der Waals surface area contributed by atoms with Crippen LogP contribution in [0.4, 0.5) is 0 Å². The molecule has 0 aromatic rings. The summed E-state index contributed by atoms with van der Waals surface area (Å²) in [5.74, 6) is 6.98. The number of ether oxygens (including phenoxy) is 2. The van der Waals surface area contributed by atoms with E-state index < -0.39 is 5.79 Å². The lowest BCUT2D eigenvalue weighted by atomic mass is 10.2. The summed E-state index contributed by atoms with van der Waals surface area (Å²) in [7, 11) is 0. The standard InChI is InChI=1S/C14H21O2/c1-6-10-12-15-14(5,9-4)16-13(8-3)11-7-2/h13H,6,8,10,12H2,1-3,5H3. The second-order valence-corrected chi connectivity index (χ2v) is 3.68. The zero-order chi connectivity index (χ0) is 12.4. The van der Waals surface area contributed by atoms with Crippen LogP contribution in [0.25, 0.3) is 0 Å². The van der Waals surface area contributed by atoms with Crippen molar-refractivity contribution in [2.24, 2.45) is 0 Å². The topological polar surface area (TPSA) is 18.5 Å². The highest BCUT2D eigenvalue weighted by molar-refractivity contribution is 5.05. The summed E-state index contributed by atoms with van der Waals surface area (Å²) < 4.78 is 11.1. The zero-order valence-electron chi connectivity index (χ0n) is 10.7. The van der Waals surface area contributed by atoms with Crippen molar-refractivity contribution in [1.82, 2.24) is 0 Å². The molecule has 0 spiro atoms. The maximum atomic E-state index is 7.24. The van der Waals surface area contributed by atoms with Gasteiger partial charge >= 0.3 is 0 Å². The summed E-state index contributed by atoms with van der Waals surface area (Å²) in [6, 6.07) is 0. The molecule has 0 fully saturated rings. The van der Waals surface area contributed by atoms with Crippen LogP contribution < -0.4 is 0 Å². The van der Waals surface area contributed by atoms with Crippen molar-refractivity contribution < 1.29 is 9.47 Å². The molecule has 0 aliphatic heterocycles. The van der Waals surface area contributed by atoms with Crippen molar-refractivity contribution in [3.8, 4) is 17.8 Å². The first kappa shape index (κ1) is 15.0. The predicted octanol–water partition coefficient (Wildman–Crippen LogP) is 2.93. The van der Waals surface area contributed by atoms with Crippen LogP contribution in [0.2, 0.25) is 0 Å². The lowest BCUT2D eigenvalue weighted by Gasteiger charge is -2.27. The molecule has 0 aromatic carbocycles. The monoisotopic (exact) mass is 221 g/mol. The highest BCUT2D eigenvalue weighted by atomic mass is 16.7. The van der Waals surface area contributed by atoms with E-state index in [1.165, 1.54) is 0 Å². The van der Waals surface area contributed by atoms with Crippen LogP contribution in [0, 0.1) is 24.2 Å². The molecule has 16 heavy (non-hydrogen) atoms. The Bertz CT molecular complexity index is 279. The van der Waals surface area contributed by atoms with E-state index >= 15 is 0 Å². The van der Waals surface area contributed by atoms with Gasteiger partial charge in [-0.3, -0.25) is 0 Å². The third-order valence-corrected chi connectivity index (χ3v) is 2.15. The quantitative estimate of drug-likeness (QED) is 0.374.